The summed E-state index contributed by atoms with van der Waals surface area (Å²) < 4.78 is 7.98. The average molecular weight is 261 g/mol. The molecule has 0 spiro atoms. The fourth-order valence-electron chi connectivity index (χ4n) is 2.49. The molecule has 6 nitrogen and oxygen atoms in total. The Morgan fingerprint density at radius 3 is 2.89 bits per heavy atom. The molecule has 1 aromatic heterocycles. The molecular weight excluding hydrogens is 246 g/mol. The molecule has 100 valence electrons. The molecule has 3 rings (SSSR count). The Labute approximate surface area is 109 Å². The lowest BCUT2D eigenvalue weighted by atomic mass is 10.2. The van der Waals surface area contributed by atoms with Crippen LogP contribution in [0.2, 0.25) is 0 Å². The number of nitrogens with two attached hydrogens (primary N) is 1. The molecule has 0 amide bonds. The van der Waals surface area contributed by atoms with Crippen LogP contribution in [-0.2, 0) is 11.8 Å². The minimum Gasteiger partial charge on any atom is -0.399 e. The van der Waals surface area contributed by atoms with Gasteiger partial charge in [0.15, 0.2) is 0 Å². The van der Waals surface area contributed by atoms with Gasteiger partial charge in [0.05, 0.1) is 11.0 Å². The molecule has 1 aromatic carbocycles. The smallest absolute Gasteiger partial charge is 0.335 e. The number of hydrogen-bond donors (Lipinski definition) is 1. The number of ether oxygens (including phenoxy) is 1. The number of fused-ring (bicyclic) bond motifs is 1. The van der Waals surface area contributed by atoms with Gasteiger partial charge in [0.2, 0.25) is 0 Å². The first-order valence-electron chi connectivity index (χ1n) is 6.22. The fourth-order valence-corrected chi connectivity index (χ4v) is 2.49. The minimum atomic E-state index is -0.523. The van der Waals surface area contributed by atoms with Crippen molar-refractivity contribution in [3.05, 3.63) is 28.7 Å². The van der Waals surface area contributed by atoms with Gasteiger partial charge < -0.3 is 10.5 Å². The minimum absolute atomic E-state index is 0.307. The molecule has 6 heteroatoms. The van der Waals surface area contributed by atoms with E-state index >= 15 is 0 Å². The number of imidazole rings is 1. The fraction of sp³-hybridized carbons (Fsp3) is 0.385. The highest BCUT2D eigenvalue weighted by atomic mass is 16.5. The van der Waals surface area contributed by atoms with Gasteiger partial charge in [-0.25, -0.2) is 9.36 Å². The molecule has 0 saturated carbocycles. The second-order valence-corrected chi connectivity index (χ2v) is 4.77. The van der Waals surface area contributed by atoms with Crippen molar-refractivity contribution in [2.75, 3.05) is 12.3 Å². The third kappa shape index (κ3) is 1.76. The Hall–Kier alpha value is -2.08. The predicted molar refractivity (Wildman–Crippen MR) is 71.2 cm³/mol. The first-order chi connectivity index (χ1) is 9.09. The molecule has 1 unspecified atom stereocenters. The van der Waals surface area contributed by atoms with Crippen LogP contribution in [0.25, 0.3) is 11.0 Å². The molecule has 1 aliphatic rings. The maximum absolute atomic E-state index is 12.4. The number of nitrogens with zero attached hydrogens (tertiary/aromatic N) is 2. The van der Waals surface area contributed by atoms with E-state index in [2.05, 4.69) is 0 Å². The Morgan fingerprint density at radius 1 is 1.42 bits per heavy atom. The number of hydrogen-bond acceptors (Lipinski definition) is 4. The average Bonchev–Trinajstić information content (AvgIpc) is 2.98. The molecule has 2 heterocycles. The van der Waals surface area contributed by atoms with E-state index in [1.165, 1.54) is 9.13 Å². The molecule has 1 aliphatic heterocycles. The monoisotopic (exact) mass is 261 g/mol. The van der Waals surface area contributed by atoms with E-state index in [-0.39, 0.29) is 11.6 Å². The molecule has 0 aliphatic carbocycles. The standard InChI is InChI=1S/C13H15N3O3/c1-15-9-5-4-8(14)7-10(9)16(13(15)18)12(17)11-3-2-6-19-11/h4-5,7,11H,2-3,6,14H2,1H3. The molecule has 0 radical (unpaired) electrons. The summed E-state index contributed by atoms with van der Waals surface area (Å²) in [6, 6.07) is 5.09. The summed E-state index contributed by atoms with van der Waals surface area (Å²) in [7, 11) is 1.64. The number of carbonyl (C=O) groups excluding carboxylic acids is 1. The number of benzene rings is 1. The topological polar surface area (TPSA) is 79.2 Å². The van der Waals surface area contributed by atoms with Gasteiger partial charge in [0.1, 0.15) is 6.10 Å². The van der Waals surface area contributed by atoms with Crippen LogP contribution in [0.15, 0.2) is 23.0 Å². The van der Waals surface area contributed by atoms with Crippen molar-refractivity contribution in [1.29, 1.82) is 0 Å². The molecular formula is C13H15N3O3. The van der Waals surface area contributed by atoms with Crippen molar-refractivity contribution in [2.45, 2.75) is 18.9 Å². The number of rotatable bonds is 1. The summed E-state index contributed by atoms with van der Waals surface area (Å²) in [5, 5.41) is 0. The van der Waals surface area contributed by atoms with Crippen LogP contribution in [0, 0.1) is 0 Å². The summed E-state index contributed by atoms with van der Waals surface area (Å²) in [5.41, 5.74) is 7.12. The van der Waals surface area contributed by atoms with Crippen LogP contribution in [0.1, 0.15) is 17.6 Å². The molecule has 2 aromatic rings. The molecule has 1 atom stereocenters. The van der Waals surface area contributed by atoms with Gasteiger partial charge in [0, 0.05) is 19.3 Å². The van der Waals surface area contributed by atoms with Gasteiger partial charge in [-0.3, -0.25) is 9.36 Å². The van der Waals surface area contributed by atoms with Crippen LogP contribution >= 0.6 is 0 Å². The van der Waals surface area contributed by atoms with E-state index in [1.807, 2.05) is 0 Å². The van der Waals surface area contributed by atoms with Crippen LogP contribution in [0.5, 0.6) is 0 Å². The van der Waals surface area contributed by atoms with E-state index in [9.17, 15) is 9.59 Å². The van der Waals surface area contributed by atoms with Gasteiger partial charge >= 0.3 is 5.69 Å². The SMILES string of the molecule is Cn1c(=O)n(C(=O)C2CCCO2)c2cc(N)ccc21. The summed E-state index contributed by atoms with van der Waals surface area (Å²) in [6.07, 6.45) is 0.979. The highest BCUT2D eigenvalue weighted by molar-refractivity contribution is 5.94. The highest BCUT2D eigenvalue weighted by Crippen LogP contribution is 2.19. The summed E-state index contributed by atoms with van der Waals surface area (Å²) in [6.45, 7) is 0.568. The maximum Gasteiger partial charge on any atom is 0.335 e. The van der Waals surface area contributed by atoms with Crippen LogP contribution in [0.3, 0.4) is 0 Å². The van der Waals surface area contributed by atoms with E-state index in [1.54, 1.807) is 25.2 Å². The number of anilines is 1. The number of aryl methyl sites for hydroxylation is 1. The molecule has 2 N–H and O–H groups in total. The van der Waals surface area contributed by atoms with Crippen molar-refractivity contribution in [3.8, 4) is 0 Å². The molecule has 1 fully saturated rings. The third-order valence-corrected chi connectivity index (χ3v) is 3.51. The summed E-state index contributed by atoms with van der Waals surface area (Å²) >= 11 is 0. The van der Waals surface area contributed by atoms with Crippen molar-refractivity contribution in [1.82, 2.24) is 9.13 Å². The van der Waals surface area contributed by atoms with E-state index in [0.717, 1.165) is 6.42 Å². The first-order valence-corrected chi connectivity index (χ1v) is 6.22. The zero-order valence-corrected chi connectivity index (χ0v) is 10.6. The van der Waals surface area contributed by atoms with Gasteiger partial charge in [0.25, 0.3) is 5.91 Å². The highest BCUT2D eigenvalue weighted by Gasteiger charge is 2.28. The van der Waals surface area contributed by atoms with Gasteiger partial charge in [-0.15, -0.1) is 0 Å². The Morgan fingerprint density at radius 2 is 2.21 bits per heavy atom. The van der Waals surface area contributed by atoms with Gasteiger partial charge in [-0.2, -0.15) is 0 Å². The van der Waals surface area contributed by atoms with Crippen LogP contribution < -0.4 is 11.4 Å². The van der Waals surface area contributed by atoms with Crippen molar-refractivity contribution < 1.29 is 9.53 Å². The normalized spacial score (nSPS) is 19.1. The zero-order valence-electron chi connectivity index (χ0n) is 10.6. The lowest BCUT2D eigenvalue weighted by Crippen LogP contribution is -2.34. The summed E-state index contributed by atoms with van der Waals surface area (Å²) in [5.74, 6) is -0.307. The van der Waals surface area contributed by atoms with E-state index in [0.29, 0.717) is 29.7 Å². The largest absolute Gasteiger partial charge is 0.399 e. The van der Waals surface area contributed by atoms with Crippen molar-refractivity contribution >= 4 is 22.6 Å². The molecule has 1 saturated heterocycles. The third-order valence-electron chi connectivity index (χ3n) is 3.51. The Balaban J connectivity index is 2.22. The quantitative estimate of drug-likeness (QED) is 0.768. The van der Waals surface area contributed by atoms with E-state index < -0.39 is 6.10 Å². The Kier molecular flexibility index (Phi) is 2.67. The predicted octanol–water partition coefficient (Wildman–Crippen LogP) is 0.741. The van der Waals surface area contributed by atoms with Gasteiger partial charge in [-0.05, 0) is 31.0 Å². The lowest BCUT2D eigenvalue weighted by molar-refractivity contribution is 0.0555. The number of nitrogen functional groups attached to an aromatic ring is 1. The lowest BCUT2D eigenvalue weighted by Gasteiger charge is -2.08. The molecule has 19 heavy (non-hydrogen) atoms. The Bertz CT molecular complexity index is 708. The molecule has 0 bridgehead atoms. The second-order valence-electron chi connectivity index (χ2n) is 4.77. The zero-order chi connectivity index (χ0) is 13.6. The van der Waals surface area contributed by atoms with Crippen molar-refractivity contribution in [3.63, 3.8) is 0 Å². The van der Waals surface area contributed by atoms with Crippen molar-refractivity contribution in [2.24, 2.45) is 7.05 Å². The van der Waals surface area contributed by atoms with Crippen LogP contribution in [0.4, 0.5) is 5.69 Å². The van der Waals surface area contributed by atoms with Gasteiger partial charge in [-0.1, -0.05) is 0 Å². The summed E-state index contributed by atoms with van der Waals surface area (Å²) in [4.78, 5) is 24.6. The first kappa shape index (κ1) is 12.0. The maximum atomic E-state index is 12.4. The van der Waals surface area contributed by atoms with E-state index in [4.69, 9.17) is 10.5 Å². The number of aromatic nitrogens is 2. The van der Waals surface area contributed by atoms with Crippen LogP contribution in [-0.4, -0.2) is 27.8 Å². The number of carbonyl (C=O) groups is 1. The second kappa shape index (κ2) is 4.24.